The molecule has 0 aliphatic carbocycles. The summed E-state index contributed by atoms with van der Waals surface area (Å²) in [6.45, 7) is 6.62. The Labute approximate surface area is 66.0 Å². The van der Waals surface area contributed by atoms with Crippen molar-refractivity contribution in [2.24, 2.45) is 5.73 Å². The Balaban J connectivity index is 0. The molecule has 0 saturated carbocycles. The van der Waals surface area contributed by atoms with Crippen LogP contribution in [0.1, 0.15) is 20.8 Å². The van der Waals surface area contributed by atoms with Gasteiger partial charge in [0.1, 0.15) is 0 Å². The van der Waals surface area contributed by atoms with Crippen LogP contribution in [0.3, 0.4) is 0 Å². The Bertz CT molecular complexity index is 81.8. The highest BCUT2D eigenvalue weighted by molar-refractivity contribution is 7.99. The van der Waals surface area contributed by atoms with Crippen LogP contribution < -0.4 is 5.73 Å². The summed E-state index contributed by atoms with van der Waals surface area (Å²) in [4.78, 5) is 8.78. The summed E-state index contributed by atoms with van der Waals surface area (Å²) in [5.74, 6) is 1.25. The molecular weight excluding hydrogens is 150 g/mol. The van der Waals surface area contributed by atoms with E-state index in [-0.39, 0.29) is 0 Å². The van der Waals surface area contributed by atoms with Gasteiger partial charge >= 0.3 is 6.09 Å². The lowest BCUT2D eigenvalue weighted by molar-refractivity contribution is 0.205. The van der Waals surface area contributed by atoms with Crippen LogP contribution in [0.25, 0.3) is 0 Å². The highest BCUT2D eigenvalue weighted by Crippen LogP contribution is 2.05. The Morgan fingerprint density at radius 1 is 1.70 bits per heavy atom. The quantitative estimate of drug-likeness (QED) is 0.655. The van der Waals surface area contributed by atoms with E-state index in [1.54, 1.807) is 0 Å². The molecule has 10 heavy (non-hydrogen) atoms. The Morgan fingerprint density at radius 2 is 2.00 bits per heavy atom. The molecule has 0 fully saturated rings. The second-order valence-corrected chi connectivity index (χ2v) is 3.70. The fraction of sp³-hybridized carbons (Fsp3) is 0.833. The smallest absolute Gasteiger partial charge is 0.402 e. The molecule has 0 unspecified atom stereocenters. The van der Waals surface area contributed by atoms with Gasteiger partial charge in [-0.25, -0.2) is 4.79 Å². The molecule has 0 aromatic carbocycles. The number of thioether (sulfide) groups is 1. The lowest BCUT2D eigenvalue weighted by atomic mass is 10.6. The van der Waals surface area contributed by atoms with Crippen molar-refractivity contribution in [3.63, 3.8) is 0 Å². The number of amides is 1. The van der Waals surface area contributed by atoms with Gasteiger partial charge in [-0.2, -0.15) is 11.8 Å². The van der Waals surface area contributed by atoms with Gasteiger partial charge in [-0.1, -0.05) is 20.8 Å². The SMILES string of the molecule is CCSC(C)C.NC(=O)O. The third-order valence-corrected chi connectivity index (χ3v) is 1.50. The van der Waals surface area contributed by atoms with Crippen molar-refractivity contribution >= 4 is 17.9 Å². The summed E-state index contributed by atoms with van der Waals surface area (Å²) in [7, 11) is 0. The van der Waals surface area contributed by atoms with Crippen molar-refractivity contribution in [3.05, 3.63) is 0 Å². The summed E-state index contributed by atoms with van der Waals surface area (Å²) >= 11 is 1.99. The van der Waals surface area contributed by atoms with E-state index in [1.165, 1.54) is 5.75 Å². The van der Waals surface area contributed by atoms with Gasteiger partial charge in [0.15, 0.2) is 0 Å². The van der Waals surface area contributed by atoms with Crippen LogP contribution in [-0.4, -0.2) is 22.2 Å². The maximum atomic E-state index is 8.78. The molecule has 0 aromatic rings. The molecule has 0 atom stereocenters. The van der Waals surface area contributed by atoms with Crippen molar-refractivity contribution < 1.29 is 9.90 Å². The van der Waals surface area contributed by atoms with Crippen LogP contribution in [0.2, 0.25) is 0 Å². The molecule has 0 bridgehead atoms. The van der Waals surface area contributed by atoms with Crippen molar-refractivity contribution in [2.75, 3.05) is 5.75 Å². The largest absolute Gasteiger partial charge is 0.465 e. The Kier molecular flexibility index (Phi) is 10.6. The minimum Gasteiger partial charge on any atom is -0.465 e. The average molecular weight is 165 g/mol. The van der Waals surface area contributed by atoms with E-state index in [2.05, 4.69) is 26.5 Å². The third kappa shape index (κ3) is 48.6. The average Bonchev–Trinajstić information content (AvgIpc) is 1.62. The summed E-state index contributed by atoms with van der Waals surface area (Å²) in [6, 6.07) is 0. The predicted molar refractivity (Wildman–Crippen MR) is 45.5 cm³/mol. The number of rotatable bonds is 2. The topological polar surface area (TPSA) is 63.3 Å². The highest BCUT2D eigenvalue weighted by atomic mass is 32.2. The molecule has 3 nitrogen and oxygen atoms in total. The normalized spacial score (nSPS) is 8.40. The van der Waals surface area contributed by atoms with Gasteiger partial charge in [0.25, 0.3) is 0 Å². The van der Waals surface area contributed by atoms with Gasteiger partial charge < -0.3 is 10.8 Å². The van der Waals surface area contributed by atoms with Gasteiger partial charge in [-0.3, -0.25) is 0 Å². The molecule has 0 heterocycles. The van der Waals surface area contributed by atoms with Crippen LogP contribution in [0.5, 0.6) is 0 Å². The van der Waals surface area contributed by atoms with Gasteiger partial charge in [0, 0.05) is 0 Å². The summed E-state index contributed by atoms with van der Waals surface area (Å²) in [6.07, 6.45) is -1.33. The fourth-order valence-electron chi connectivity index (χ4n) is 0.333. The molecule has 0 saturated heterocycles. The monoisotopic (exact) mass is 165 g/mol. The number of hydrogen-bond acceptors (Lipinski definition) is 2. The van der Waals surface area contributed by atoms with E-state index >= 15 is 0 Å². The first-order valence-corrected chi connectivity index (χ1v) is 4.15. The number of nitrogens with two attached hydrogens (primary N) is 1. The predicted octanol–water partition coefficient (Wildman–Crippen LogP) is 1.77. The van der Waals surface area contributed by atoms with Crippen LogP contribution in [0.4, 0.5) is 4.79 Å². The molecule has 0 aromatic heterocycles. The van der Waals surface area contributed by atoms with Crippen molar-refractivity contribution in [1.29, 1.82) is 0 Å². The first kappa shape index (κ1) is 12.3. The minimum absolute atomic E-state index is 0.815. The van der Waals surface area contributed by atoms with Crippen molar-refractivity contribution in [2.45, 2.75) is 26.0 Å². The lowest BCUT2D eigenvalue weighted by Gasteiger charge is -1.96. The zero-order valence-electron chi connectivity index (χ0n) is 6.63. The molecule has 4 heteroatoms. The molecule has 1 amide bonds. The van der Waals surface area contributed by atoms with E-state index in [0.29, 0.717) is 0 Å². The second kappa shape index (κ2) is 8.62. The summed E-state index contributed by atoms with van der Waals surface area (Å²) < 4.78 is 0. The number of primary amides is 1. The van der Waals surface area contributed by atoms with E-state index in [9.17, 15) is 0 Å². The molecule has 0 aliphatic rings. The fourth-order valence-corrected chi connectivity index (χ4v) is 1.00. The van der Waals surface area contributed by atoms with E-state index in [4.69, 9.17) is 9.90 Å². The minimum atomic E-state index is -1.33. The molecule has 0 radical (unpaired) electrons. The van der Waals surface area contributed by atoms with Gasteiger partial charge in [-0.05, 0) is 11.0 Å². The Hall–Kier alpha value is -0.380. The standard InChI is InChI=1S/C5H12S.CH3NO2/c1-4-6-5(2)3;2-1(3)4/h5H,4H2,1-3H3;2H2,(H,3,4). The highest BCUT2D eigenvalue weighted by Gasteiger charge is 1.85. The number of carboxylic acid groups (broad SMARTS) is 1. The molecule has 62 valence electrons. The molecule has 0 aliphatic heterocycles. The van der Waals surface area contributed by atoms with Crippen molar-refractivity contribution in [1.82, 2.24) is 0 Å². The Morgan fingerprint density at radius 3 is 2.00 bits per heavy atom. The van der Waals surface area contributed by atoms with Crippen LogP contribution in [-0.2, 0) is 0 Å². The molecule has 3 N–H and O–H groups in total. The maximum absolute atomic E-state index is 8.78. The van der Waals surface area contributed by atoms with Crippen LogP contribution in [0, 0.1) is 0 Å². The number of carbonyl (C=O) groups is 1. The first-order valence-electron chi connectivity index (χ1n) is 3.10. The second-order valence-electron chi connectivity index (χ2n) is 1.84. The number of hydrogen-bond donors (Lipinski definition) is 2. The molecule has 0 spiro atoms. The zero-order chi connectivity index (χ0) is 8.57. The third-order valence-electron chi connectivity index (χ3n) is 0.500. The van der Waals surface area contributed by atoms with Crippen LogP contribution >= 0.6 is 11.8 Å². The summed E-state index contributed by atoms with van der Waals surface area (Å²) in [5.41, 5.74) is 4.03. The van der Waals surface area contributed by atoms with Crippen LogP contribution in [0.15, 0.2) is 0 Å². The van der Waals surface area contributed by atoms with Gasteiger partial charge in [-0.15, -0.1) is 0 Å². The van der Waals surface area contributed by atoms with Gasteiger partial charge in [0.05, 0.1) is 0 Å². The van der Waals surface area contributed by atoms with Crippen molar-refractivity contribution in [3.8, 4) is 0 Å². The maximum Gasteiger partial charge on any atom is 0.402 e. The van der Waals surface area contributed by atoms with E-state index in [1.807, 2.05) is 11.8 Å². The lowest BCUT2D eigenvalue weighted by Crippen LogP contribution is -2.03. The van der Waals surface area contributed by atoms with Gasteiger partial charge in [0.2, 0.25) is 0 Å². The first-order chi connectivity index (χ1) is 4.50. The van der Waals surface area contributed by atoms with E-state index in [0.717, 1.165) is 5.25 Å². The molecular formula is C6H15NO2S. The zero-order valence-corrected chi connectivity index (χ0v) is 7.44. The summed E-state index contributed by atoms with van der Waals surface area (Å²) in [5, 5.41) is 8.01. The molecule has 0 rings (SSSR count). The van der Waals surface area contributed by atoms with E-state index < -0.39 is 6.09 Å².